The number of aromatic hydroxyl groups is 3. The highest BCUT2D eigenvalue weighted by molar-refractivity contribution is 5.38. The Bertz CT molecular complexity index is 622. The van der Waals surface area contributed by atoms with Crippen LogP contribution < -0.4 is 0 Å². The molecule has 0 aromatic heterocycles. The van der Waals surface area contributed by atoms with E-state index in [1.165, 1.54) is 0 Å². The van der Waals surface area contributed by atoms with Gasteiger partial charge in [-0.3, -0.25) is 0 Å². The topological polar surface area (TPSA) is 60.7 Å². The van der Waals surface area contributed by atoms with Gasteiger partial charge in [-0.15, -0.1) is 0 Å². The number of benzene rings is 3. The molecule has 0 aliphatic carbocycles. The first kappa shape index (κ1) is 18.1. The summed E-state index contributed by atoms with van der Waals surface area (Å²) in [5.41, 5.74) is 1.88. The third-order valence-electron chi connectivity index (χ3n) is 2.95. The quantitative estimate of drug-likeness (QED) is 0.559. The Kier molecular flexibility index (Phi) is 7.79. The van der Waals surface area contributed by atoms with Gasteiger partial charge in [-0.2, -0.15) is 0 Å². The first-order valence-electron chi connectivity index (χ1n) is 7.24. The number of phenolic OH excluding ortho intramolecular Hbond substituents is 3. The van der Waals surface area contributed by atoms with E-state index in [4.69, 9.17) is 10.2 Å². The van der Waals surface area contributed by atoms with E-state index in [1.807, 2.05) is 44.2 Å². The predicted molar refractivity (Wildman–Crippen MR) is 93.8 cm³/mol. The molecule has 120 valence electrons. The van der Waals surface area contributed by atoms with Gasteiger partial charge < -0.3 is 15.3 Å². The molecule has 0 amide bonds. The molecular weight excluding hydrogens is 288 g/mol. The molecule has 3 rings (SSSR count). The van der Waals surface area contributed by atoms with Crippen molar-refractivity contribution in [2.75, 3.05) is 0 Å². The summed E-state index contributed by atoms with van der Waals surface area (Å²) in [7, 11) is 0. The van der Waals surface area contributed by atoms with Gasteiger partial charge in [0.25, 0.3) is 0 Å². The van der Waals surface area contributed by atoms with Gasteiger partial charge >= 0.3 is 0 Å². The van der Waals surface area contributed by atoms with E-state index in [-0.39, 0.29) is 0 Å². The van der Waals surface area contributed by atoms with Crippen molar-refractivity contribution in [3.05, 3.63) is 90.0 Å². The minimum atomic E-state index is 0.322. The van der Waals surface area contributed by atoms with Crippen LogP contribution in [0.5, 0.6) is 17.2 Å². The molecule has 0 heterocycles. The summed E-state index contributed by atoms with van der Waals surface area (Å²) in [6, 6.07) is 23.1. The minimum Gasteiger partial charge on any atom is -0.508 e. The Morgan fingerprint density at radius 2 is 0.826 bits per heavy atom. The molecule has 0 saturated carbocycles. The van der Waals surface area contributed by atoms with Crippen LogP contribution >= 0.6 is 0 Å². The highest BCUT2D eigenvalue weighted by atomic mass is 16.3. The molecule has 0 aliphatic rings. The van der Waals surface area contributed by atoms with Gasteiger partial charge in [-0.05, 0) is 49.2 Å². The van der Waals surface area contributed by atoms with Gasteiger partial charge in [0, 0.05) is 0 Å². The van der Waals surface area contributed by atoms with E-state index in [2.05, 4.69) is 0 Å². The molecule has 23 heavy (non-hydrogen) atoms. The zero-order valence-electron chi connectivity index (χ0n) is 13.3. The van der Waals surface area contributed by atoms with E-state index in [0.29, 0.717) is 17.2 Å². The van der Waals surface area contributed by atoms with Crippen molar-refractivity contribution in [1.82, 2.24) is 0 Å². The molecule has 0 saturated heterocycles. The predicted octanol–water partition coefficient (Wildman–Crippen LogP) is 4.79. The standard InChI is InChI=1S/C8H10O.2C6H6O/c1-6-4-3-5-7(2)8(6)9;2*7-6-4-2-1-3-5-6/h3-5,9H,1-2H3;2*1-5,7H. The smallest absolute Gasteiger partial charge is 0.121 e. The van der Waals surface area contributed by atoms with Crippen molar-refractivity contribution in [2.24, 2.45) is 0 Å². The van der Waals surface area contributed by atoms with Crippen LogP contribution in [0.15, 0.2) is 78.9 Å². The maximum Gasteiger partial charge on any atom is 0.121 e. The lowest BCUT2D eigenvalue weighted by Gasteiger charge is -1.99. The number of hydrogen-bond acceptors (Lipinski definition) is 3. The maximum absolute atomic E-state index is 9.21. The monoisotopic (exact) mass is 310 g/mol. The fraction of sp³-hybridized carbons (Fsp3) is 0.100. The molecular formula is C20H22O3. The van der Waals surface area contributed by atoms with E-state index in [1.54, 1.807) is 48.5 Å². The van der Waals surface area contributed by atoms with E-state index >= 15 is 0 Å². The molecule has 3 aromatic rings. The zero-order chi connectivity index (χ0) is 17.1. The Balaban J connectivity index is 0.000000175. The second-order valence-electron chi connectivity index (χ2n) is 4.91. The maximum atomic E-state index is 9.21. The van der Waals surface area contributed by atoms with Crippen molar-refractivity contribution in [2.45, 2.75) is 13.8 Å². The Morgan fingerprint density at radius 3 is 1.04 bits per heavy atom. The molecule has 3 nitrogen and oxygen atoms in total. The lowest BCUT2D eigenvalue weighted by molar-refractivity contribution is 0.467. The van der Waals surface area contributed by atoms with Crippen LogP contribution in [0.2, 0.25) is 0 Å². The fourth-order valence-electron chi connectivity index (χ4n) is 1.66. The molecule has 0 radical (unpaired) electrons. The SMILES string of the molecule is Cc1cccc(C)c1O.Oc1ccccc1.Oc1ccccc1. The van der Waals surface area contributed by atoms with Crippen LogP contribution in [-0.4, -0.2) is 15.3 Å². The van der Waals surface area contributed by atoms with Crippen LogP contribution in [0.4, 0.5) is 0 Å². The summed E-state index contributed by atoms with van der Waals surface area (Å²) < 4.78 is 0. The average Bonchev–Trinajstić information content (AvgIpc) is 2.55. The number of para-hydroxylation sites is 3. The van der Waals surface area contributed by atoms with Gasteiger partial charge in [0.1, 0.15) is 17.2 Å². The fourth-order valence-corrected chi connectivity index (χ4v) is 1.66. The molecule has 3 N–H and O–H groups in total. The van der Waals surface area contributed by atoms with Gasteiger partial charge in [-0.1, -0.05) is 54.6 Å². The molecule has 0 unspecified atom stereocenters. The van der Waals surface area contributed by atoms with E-state index < -0.39 is 0 Å². The zero-order valence-corrected chi connectivity index (χ0v) is 13.3. The summed E-state index contributed by atoms with van der Waals surface area (Å²) in [6.07, 6.45) is 0. The summed E-state index contributed by atoms with van der Waals surface area (Å²) in [6.45, 7) is 3.78. The van der Waals surface area contributed by atoms with E-state index in [9.17, 15) is 5.11 Å². The summed E-state index contributed by atoms with van der Waals surface area (Å²) in [5, 5.41) is 26.5. The third kappa shape index (κ3) is 7.58. The number of hydrogen-bond donors (Lipinski definition) is 3. The Hall–Kier alpha value is -2.94. The van der Waals surface area contributed by atoms with Crippen molar-refractivity contribution < 1.29 is 15.3 Å². The molecule has 3 heteroatoms. The first-order valence-corrected chi connectivity index (χ1v) is 7.24. The highest BCUT2D eigenvalue weighted by Gasteiger charge is 1.95. The van der Waals surface area contributed by atoms with Gasteiger partial charge in [0.05, 0.1) is 0 Å². The van der Waals surface area contributed by atoms with Crippen LogP contribution in [0.25, 0.3) is 0 Å². The lowest BCUT2D eigenvalue weighted by Crippen LogP contribution is -1.76. The van der Waals surface area contributed by atoms with Crippen molar-refractivity contribution >= 4 is 0 Å². The van der Waals surface area contributed by atoms with Gasteiger partial charge in [0.2, 0.25) is 0 Å². The van der Waals surface area contributed by atoms with Gasteiger partial charge in [-0.25, -0.2) is 0 Å². The van der Waals surface area contributed by atoms with Crippen LogP contribution in [0.1, 0.15) is 11.1 Å². The second kappa shape index (κ2) is 9.90. The van der Waals surface area contributed by atoms with Crippen LogP contribution in [0.3, 0.4) is 0 Å². The number of phenols is 3. The Morgan fingerprint density at radius 1 is 0.478 bits per heavy atom. The summed E-state index contributed by atoms with van der Waals surface area (Å²) in [5.74, 6) is 1.06. The van der Waals surface area contributed by atoms with Crippen molar-refractivity contribution in [1.29, 1.82) is 0 Å². The molecule has 3 aromatic carbocycles. The second-order valence-corrected chi connectivity index (χ2v) is 4.91. The lowest BCUT2D eigenvalue weighted by atomic mass is 10.1. The van der Waals surface area contributed by atoms with Crippen molar-refractivity contribution in [3.8, 4) is 17.2 Å². The first-order chi connectivity index (χ1) is 11.0. The highest BCUT2D eigenvalue weighted by Crippen LogP contribution is 2.19. The number of aryl methyl sites for hydroxylation is 2. The molecule has 0 aliphatic heterocycles. The molecule has 0 bridgehead atoms. The average molecular weight is 310 g/mol. The Labute approximate surface area is 137 Å². The normalized spacial score (nSPS) is 8.96. The summed E-state index contributed by atoms with van der Waals surface area (Å²) in [4.78, 5) is 0. The summed E-state index contributed by atoms with van der Waals surface area (Å²) >= 11 is 0. The number of rotatable bonds is 0. The van der Waals surface area contributed by atoms with Crippen LogP contribution in [-0.2, 0) is 0 Å². The third-order valence-corrected chi connectivity index (χ3v) is 2.95. The van der Waals surface area contributed by atoms with Crippen LogP contribution in [0, 0.1) is 13.8 Å². The molecule has 0 fully saturated rings. The molecule has 0 spiro atoms. The van der Waals surface area contributed by atoms with Gasteiger partial charge in [0.15, 0.2) is 0 Å². The largest absolute Gasteiger partial charge is 0.508 e. The van der Waals surface area contributed by atoms with Crippen molar-refractivity contribution in [3.63, 3.8) is 0 Å². The minimum absolute atomic E-state index is 0.322. The molecule has 0 atom stereocenters. The van der Waals surface area contributed by atoms with E-state index in [0.717, 1.165) is 11.1 Å².